The van der Waals surface area contributed by atoms with E-state index in [4.69, 9.17) is 4.74 Å². The molecule has 28 heavy (non-hydrogen) atoms. The first-order valence-corrected chi connectivity index (χ1v) is 10.7. The number of imidazole rings is 1. The molecule has 1 aliphatic rings. The molecule has 4 rings (SSSR count). The normalized spacial score (nSPS) is 18.7. The largest absolute Gasteiger partial charge is 0.609 e. The Labute approximate surface area is 166 Å². The summed E-state index contributed by atoms with van der Waals surface area (Å²) in [7, 11) is 3.69. The first-order valence-electron chi connectivity index (χ1n) is 9.17. The van der Waals surface area contributed by atoms with Crippen LogP contribution in [-0.4, -0.2) is 72.3 Å². The van der Waals surface area contributed by atoms with Crippen molar-refractivity contribution in [2.24, 2.45) is 0 Å². The van der Waals surface area contributed by atoms with E-state index < -0.39 is 11.2 Å². The second-order valence-electron chi connectivity index (χ2n) is 6.90. The molecule has 0 aliphatic carbocycles. The predicted octanol–water partition coefficient (Wildman–Crippen LogP) is 1.25. The fourth-order valence-corrected chi connectivity index (χ4v) is 3.82. The number of likely N-dealkylation sites (tertiary alicyclic amines) is 1. The van der Waals surface area contributed by atoms with Gasteiger partial charge in [0.05, 0.1) is 31.2 Å². The van der Waals surface area contributed by atoms with Gasteiger partial charge < -0.3 is 19.5 Å². The van der Waals surface area contributed by atoms with Gasteiger partial charge in [-0.15, -0.1) is 5.10 Å². The van der Waals surface area contributed by atoms with Crippen LogP contribution in [0.1, 0.15) is 25.1 Å². The summed E-state index contributed by atoms with van der Waals surface area (Å²) < 4.78 is 21.1. The summed E-state index contributed by atoms with van der Waals surface area (Å²) in [5.74, 6) is 0.953. The van der Waals surface area contributed by atoms with E-state index in [0.717, 1.165) is 31.6 Å². The fourth-order valence-electron chi connectivity index (χ4n) is 3.41. The predicted molar refractivity (Wildman–Crippen MR) is 106 cm³/mol. The molecule has 1 fully saturated rings. The number of likely N-dealkylation sites (N-methyl/N-ethyl adjacent to an activating group) is 1. The first kappa shape index (κ1) is 19.0. The molecule has 2 atom stereocenters. The summed E-state index contributed by atoms with van der Waals surface area (Å²) in [6.07, 6.45) is 7.03. The Morgan fingerprint density at radius 1 is 1.39 bits per heavy atom. The van der Waals surface area contributed by atoms with Crippen LogP contribution in [0.25, 0.3) is 5.65 Å². The maximum atomic E-state index is 12.0. The fraction of sp³-hybridized carbons (Fsp3) is 0.529. The van der Waals surface area contributed by atoms with Gasteiger partial charge in [0.15, 0.2) is 11.5 Å². The standard InChI is InChI=1S/C17H24N8O2S/c1-5-11-8-18-15-14(20-17(28(4)26)22-25(11)15)19-13-10-24(21-16(13)27-3)12-6-7-23(2)9-12/h8,10,12H,5-7,9H2,1-4H3,(H,19,20,22). The van der Waals surface area contributed by atoms with E-state index in [2.05, 4.69) is 37.4 Å². The van der Waals surface area contributed by atoms with Crippen molar-refractivity contribution in [3.05, 3.63) is 18.1 Å². The molecular weight excluding hydrogens is 380 g/mol. The topological polar surface area (TPSA) is 108 Å². The van der Waals surface area contributed by atoms with Gasteiger partial charge in [0.2, 0.25) is 0 Å². The van der Waals surface area contributed by atoms with Crippen LogP contribution in [0.4, 0.5) is 11.5 Å². The van der Waals surface area contributed by atoms with Gasteiger partial charge in [-0.1, -0.05) is 12.0 Å². The van der Waals surface area contributed by atoms with Crippen molar-refractivity contribution in [3.63, 3.8) is 0 Å². The summed E-state index contributed by atoms with van der Waals surface area (Å²) in [5.41, 5.74) is 2.18. The molecule has 3 aromatic heterocycles. The third kappa shape index (κ3) is 3.40. The van der Waals surface area contributed by atoms with Crippen molar-refractivity contribution >= 4 is 28.3 Å². The van der Waals surface area contributed by atoms with Crippen LogP contribution in [0.2, 0.25) is 0 Å². The Bertz CT molecular complexity index is 985. The zero-order valence-electron chi connectivity index (χ0n) is 16.4. The van der Waals surface area contributed by atoms with Gasteiger partial charge in [-0.3, -0.25) is 4.68 Å². The number of nitrogens with one attached hydrogen (secondary N) is 1. The SMILES string of the molecule is CCc1cnc2c(Nc3cn(C4CCN(C)C4)nc3OC)nc([S+](C)[O-])nn12. The molecule has 3 aromatic rings. The van der Waals surface area contributed by atoms with Crippen molar-refractivity contribution in [1.82, 2.24) is 34.3 Å². The van der Waals surface area contributed by atoms with Gasteiger partial charge in [0.25, 0.3) is 5.88 Å². The number of anilines is 2. The third-order valence-corrected chi connectivity index (χ3v) is 5.60. The van der Waals surface area contributed by atoms with Crippen molar-refractivity contribution in [2.45, 2.75) is 31.0 Å². The maximum Gasteiger partial charge on any atom is 0.361 e. The van der Waals surface area contributed by atoms with E-state index in [1.807, 2.05) is 17.8 Å². The zero-order valence-corrected chi connectivity index (χ0v) is 17.2. The number of hydrogen-bond acceptors (Lipinski definition) is 8. The Balaban J connectivity index is 1.73. The minimum absolute atomic E-state index is 0.242. The maximum absolute atomic E-state index is 12.0. The minimum Gasteiger partial charge on any atom is -0.609 e. The van der Waals surface area contributed by atoms with Crippen LogP contribution in [0.5, 0.6) is 5.88 Å². The third-order valence-electron chi connectivity index (χ3n) is 4.92. The van der Waals surface area contributed by atoms with Gasteiger partial charge in [-0.2, -0.15) is 4.98 Å². The highest BCUT2D eigenvalue weighted by molar-refractivity contribution is 7.90. The Morgan fingerprint density at radius 2 is 2.21 bits per heavy atom. The summed E-state index contributed by atoms with van der Waals surface area (Å²) >= 11 is -1.32. The number of aromatic nitrogens is 6. The van der Waals surface area contributed by atoms with Crippen LogP contribution in [0.3, 0.4) is 0 Å². The molecular formula is C17H24N8O2S. The molecule has 1 N–H and O–H groups in total. The van der Waals surface area contributed by atoms with Crippen molar-refractivity contribution in [2.75, 3.05) is 38.8 Å². The molecule has 11 heteroatoms. The highest BCUT2D eigenvalue weighted by Gasteiger charge is 2.25. The summed E-state index contributed by atoms with van der Waals surface area (Å²) in [6.45, 7) is 4.01. The molecule has 2 unspecified atom stereocenters. The molecule has 0 spiro atoms. The molecule has 0 amide bonds. The summed E-state index contributed by atoms with van der Waals surface area (Å²) in [6, 6.07) is 0.302. The lowest BCUT2D eigenvalue weighted by Gasteiger charge is -2.10. The van der Waals surface area contributed by atoms with Crippen molar-refractivity contribution in [1.29, 1.82) is 0 Å². The highest BCUT2D eigenvalue weighted by atomic mass is 32.2. The lowest BCUT2D eigenvalue weighted by Crippen LogP contribution is -2.16. The van der Waals surface area contributed by atoms with E-state index in [0.29, 0.717) is 29.1 Å². The van der Waals surface area contributed by atoms with Crippen molar-refractivity contribution in [3.8, 4) is 5.88 Å². The quantitative estimate of drug-likeness (QED) is 0.612. The van der Waals surface area contributed by atoms with Gasteiger partial charge in [0, 0.05) is 17.7 Å². The molecule has 0 bridgehead atoms. The number of hydrogen-bond donors (Lipinski definition) is 1. The molecule has 4 heterocycles. The second kappa shape index (κ2) is 7.57. The van der Waals surface area contributed by atoms with Crippen LogP contribution in [0.15, 0.2) is 17.6 Å². The van der Waals surface area contributed by atoms with Crippen molar-refractivity contribution < 1.29 is 9.29 Å². The van der Waals surface area contributed by atoms with E-state index in [1.165, 1.54) is 0 Å². The average Bonchev–Trinajstić information content (AvgIpc) is 3.39. The van der Waals surface area contributed by atoms with Gasteiger partial charge in [0.1, 0.15) is 11.9 Å². The number of nitrogens with zero attached hydrogens (tertiary/aromatic N) is 7. The first-order chi connectivity index (χ1) is 13.5. The molecule has 0 saturated carbocycles. The smallest absolute Gasteiger partial charge is 0.361 e. The van der Waals surface area contributed by atoms with E-state index in [1.54, 1.807) is 24.1 Å². The van der Waals surface area contributed by atoms with Crippen LogP contribution in [0, 0.1) is 0 Å². The Hall–Kier alpha value is -2.37. The lowest BCUT2D eigenvalue weighted by molar-refractivity contribution is 0.362. The number of rotatable bonds is 6. The van der Waals surface area contributed by atoms with E-state index in [9.17, 15) is 4.55 Å². The average molecular weight is 405 g/mol. The highest BCUT2D eigenvalue weighted by Crippen LogP contribution is 2.31. The van der Waals surface area contributed by atoms with Gasteiger partial charge in [-0.05, 0) is 26.4 Å². The van der Waals surface area contributed by atoms with E-state index >= 15 is 0 Å². The Kier molecular flexibility index (Phi) is 5.13. The number of ether oxygens (including phenoxy) is 1. The van der Waals surface area contributed by atoms with Crippen LogP contribution < -0.4 is 10.1 Å². The number of aryl methyl sites for hydroxylation is 1. The van der Waals surface area contributed by atoms with E-state index in [-0.39, 0.29) is 5.16 Å². The monoisotopic (exact) mass is 404 g/mol. The molecule has 0 aromatic carbocycles. The minimum atomic E-state index is -1.32. The van der Waals surface area contributed by atoms with Crippen LogP contribution >= 0.6 is 0 Å². The molecule has 0 radical (unpaired) electrons. The second-order valence-corrected chi connectivity index (χ2v) is 8.17. The molecule has 1 saturated heterocycles. The zero-order chi connectivity index (χ0) is 19.8. The summed E-state index contributed by atoms with van der Waals surface area (Å²) in [4.78, 5) is 11.1. The Morgan fingerprint density at radius 3 is 2.86 bits per heavy atom. The van der Waals surface area contributed by atoms with Gasteiger partial charge in [-0.25, -0.2) is 9.50 Å². The lowest BCUT2D eigenvalue weighted by atomic mass is 10.3. The number of fused-ring (bicyclic) bond motifs is 1. The number of methoxy groups -OCH3 is 1. The molecule has 1 aliphatic heterocycles. The summed E-state index contributed by atoms with van der Waals surface area (Å²) in [5, 5.41) is 12.5. The molecule has 150 valence electrons. The van der Waals surface area contributed by atoms with Crippen LogP contribution in [-0.2, 0) is 17.6 Å². The molecule has 10 nitrogen and oxygen atoms in total. The van der Waals surface area contributed by atoms with Gasteiger partial charge >= 0.3 is 5.16 Å².